The number of sulfonamides is 1. The molecule has 0 saturated carbocycles. The average Bonchev–Trinajstić information content (AvgIpc) is 3.12. The zero-order chi connectivity index (χ0) is 24.9. The zero-order valence-corrected chi connectivity index (χ0v) is 20.6. The van der Waals surface area contributed by atoms with E-state index >= 15 is 0 Å². The predicted molar refractivity (Wildman–Crippen MR) is 127 cm³/mol. The molecule has 2 heterocycles. The molecular formula is C22H31N5O6S. The van der Waals surface area contributed by atoms with Gasteiger partial charge in [-0.2, -0.15) is 5.10 Å². The highest BCUT2D eigenvalue weighted by Gasteiger charge is 2.23. The third-order valence-corrected chi connectivity index (χ3v) is 6.80. The number of ether oxygens (including phenoxy) is 2. The van der Waals surface area contributed by atoms with Crippen molar-refractivity contribution < 1.29 is 23.0 Å². The summed E-state index contributed by atoms with van der Waals surface area (Å²) in [7, 11) is -0.802. The Morgan fingerprint density at radius 2 is 2.06 bits per heavy atom. The summed E-state index contributed by atoms with van der Waals surface area (Å²) in [6.45, 7) is 4.06. The summed E-state index contributed by atoms with van der Waals surface area (Å²) >= 11 is 0. The summed E-state index contributed by atoms with van der Waals surface area (Å²) in [5, 5.41) is 14.0. The number of H-pyrrole nitrogens is 1. The maximum Gasteiger partial charge on any atom is 0.277 e. The van der Waals surface area contributed by atoms with Crippen molar-refractivity contribution in [2.24, 2.45) is 7.05 Å². The van der Waals surface area contributed by atoms with Crippen molar-refractivity contribution in [1.82, 2.24) is 24.5 Å². The lowest BCUT2D eigenvalue weighted by Crippen LogP contribution is -2.38. The molecule has 186 valence electrons. The van der Waals surface area contributed by atoms with Gasteiger partial charge >= 0.3 is 0 Å². The van der Waals surface area contributed by atoms with E-state index in [1.165, 1.54) is 30.0 Å². The van der Waals surface area contributed by atoms with Gasteiger partial charge in [0, 0.05) is 26.8 Å². The van der Waals surface area contributed by atoms with Crippen molar-refractivity contribution in [2.45, 2.75) is 44.0 Å². The second-order valence-electron chi connectivity index (χ2n) is 7.81. The van der Waals surface area contributed by atoms with Crippen LogP contribution in [0.15, 0.2) is 27.9 Å². The van der Waals surface area contributed by atoms with E-state index in [0.717, 1.165) is 6.42 Å². The number of aromatic nitrogens is 4. The third kappa shape index (κ3) is 5.46. The Labute approximate surface area is 198 Å². The minimum absolute atomic E-state index is 0.0514. The van der Waals surface area contributed by atoms with Crippen molar-refractivity contribution >= 4 is 21.1 Å². The van der Waals surface area contributed by atoms with Gasteiger partial charge in [-0.1, -0.05) is 13.3 Å². The maximum absolute atomic E-state index is 13.0. The van der Waals surface area contributed by atoms with Gasteiger partial charge in [0.25, 0.3) is 5.56 Å². The lowest BCUT2D eigenvalue weighted by Gasteiger charge is -2.17. The number of hydrogen-bond acceptors (Lipinski definition) is 8. The van der Waals surface area contributed by atoms with Crippen molar-refractivity contribution in [3.05, 3.63) is 34.2 Å². The van der Waals surface area contributed by atoms with Crippen LogP contribution in [0.4, 0.5) is 0 Å². The highest BCUT2D eigenvalue weighted by molar-refractivity contribution is 7.89. The van der Waals surface area contributed by atoms with Gasteiger partial charge in [-0.3, -0.25) is 9.48 Å². The zero-order valence-electron chi connectivity index (χ0n) is 19.8. The fourth-order valence-corrected chi connectivity index (χ4v) is 4.94. The molecule has 3 rings (SSSR count). The second-order valence-corrected chi connectivity index (χ2v) is 9.52. The fourth-order valence-electron chi connectivity index (χ4n) is 3.66. The van der Waals surface area contributed by atoms with Crippen LogP contribution in [0.1, 0.15) is 32.4 Å². The van der Waals surface area contributed by atoms with Crippen LogP contribution in [-0.2, 0) is 28.2 Å². The first-order chi connectivity index (χ1) is 16.2. The number of rotatable bonds is 12. The summed E-state index contributed by atoms with van der Waals surface area (Å²) in [6.07, 6.45) is 1.78. The first-order valence-corrected chi connectivity index (χ1v) is 12.6. The van der Waals surface area contributed by atoms with E-state index < -0.39 is 16.1 Å². The summed E-state index contributed by atoms with van der Waals surface area (Å²) in [5.41, 5.74) is 1.45. The normalized spacial score (nSPS) is 12.9. The molecule has 0 bridgehead atoms. The molecule has 0 saturated heterocycles. The number of aliphatic hydroxyl groups excluding tert-OH is 1. The third-order valence-electron chi connectivity index (χ3n) is 5.28. The molecule has 0 aliphatic heterocycles. The molecular weight excluding hydrogens is 462 g/mol. The summed E-state index contributed by atoms with van der Waals surface area (Å²) in [5.74, 6) is 0.560. The van der Waals surface area contributed by atoms with Crippen LogP contribution in [0.25, 0.3) is 22.4 Å². The van der Waals surface area contributed by atoms with Gasteiger partial charge in [0.2, 0.25) is 10.0 Å². The molecule has 3 aromatic rings. The van der Waals surface area contributed by atoms with Crippen molar-refractivity contribution in [3.8, 4) is 17.1 Å². The molecule has 0 amide bonds. The number of aromatic amines is 1. The number of aliphatic hydroxyl groups is 1. The van der Waals surface area contributed by atoms with Gasteiger partial charge in [-0.25, -0.2) is 18.1 Å². The number of nitrogens with one attached hydrogen (secondary N) is 2. The monoisotopic (exact) mass is 493 g/mol. The van der Waals surface area contributed by atoms with Crippen LogP contribution in [0.3, 0.4) is 0 Å². The van der Waals surface area contributed by atoms with E-state index in [9.17, 15) is 18.3 Å². The highest BCUT2D eigenvalue weighted by Crippen LogP contribution is 2.31. The van der Waals surface area contributed by atoms with Crippen LogP contribution in [0, 0.1) is 0 Å². The van der Waals surface area contributed by atoms with E-state index in [4.69, 9.17) is 9.47 Å². The molecule has 0 spiro atoms. The largest absolute Gasteiger partial charge is 0.493 e. The molecule has 0 aliphatic carbocycles. The average molecular weight is 494 g/mol. The van der Waals surface area contributed by atoms with E-state index in [2.05, 4.69) is 19.8 Å². The van der Waals surface area contributed by atoms with E-state index in [1.807, 2.05) is 6.92 Å². The van der Waals surface area contributed by atoms with Crippen molar-refractivity contribution in [2.75, 3.05) is 26.9 Å². The van der Waals surface area contributed by atoms with Gasteiger partial charge in [0.15, 0.2) is 5.52 Å². The predicted octanol–water partition coefficient (Wildman–Crippen LogP) is 1.35. The van der Waals surface area contributed by atoms with Crippen LogP contribution < -0.4 is 15.0 Å². The Morgan fingerprint density at radius 3 is 2.71 bits per heavy atom. The minimum atomic E-state index is -3.99. The van der Waals surface area contributed by atoms with Crippen LogP contribution >= 0.6 is 0 Å². The van der Waals surface area contributed by atoms with Gasteiger partial charge in [0.05, 0.1) is 29.4 Å². The number of benzene rings is 1. The second kappa shape index (κ2) is 11.1. The first-order valence-electron chi connectivity index (χ1n) is 11.1. The van der Waals surface area contributed by atoms with Crippen LogP contribution in [-0.4, -0.2) is 66.2 Å². The number of hydrogen-bond donors (Lipinski definition) is 3. The SMILES string of the molecule is CCCc1nn(C)c2c(=O)[nH]c(-c3cc(S(=O)(=O)NC(CO)CCOC)ccc3OCC)nc12. The van der Waals surface area contributed by atoms with E-state index in [-0.39, 0.29) is 22.9 Å². The number of fused-ring (bicyclic) bond motifs is 1. The highest BCUT2D eigenvalue weighted by atomic mass is 32.2. The van der Waals surface area contributed by atoms with E-state index in [1.54, 1.807) is 14.0 Å². The Bertz CT molecular complexity index is 1300. The van der Waals surface area contributed by atoms with Crippen molar-refractivity contribution in [1.29, 1.82) is 0 Å². The molecule has 1 atom stereocenters. The van der Waals surface area contributed by atoms with Gasteiger partial charge in [0.1, 0.15) is 17.1 Å². The Balaban J connectivity index is 2.12. The molecule has 11 nitrogen and oxygen atoms in total. The Hall–Kier alpha value is -2.80. The molecule has 3 N–H and O–H groups in total. The molecule has 2 aromatic heterocycles. The molecule has 12 heteroatoms. The minimum Gasteiger partial charge on any atom is -0.493 e. The maximum atomic E-state index is 13.0. The number of nitrogens with zero attached hydrogens (tertiary/aromatic N) is 3. The topological polar surface area (TPSA) is 148 Å². The quantitative estimate of drug-likeness (QED) is 0.342. The molecule has 0 radical (unpaired) electrons. The number of aryl methyl sites for hydroxylation is 2. The van der Waals surface area contributed by atoms with Gasteiger partial charge < -0.3 is 19.6 Å². The summed E-state index contributed by atoms with van der Waals surface area (Å²) in [4.78, 5) is 20.2. The smallest absolute Gasteiger partial charge is 0.277 e. The molecule has 1 unspecified atom stereocenters. The molecule has 34 heavy (non-hydrogen) atoms. The fraction of sp³-hybridized carbons (Fsp3) is 0.500. The van der Waals surface area contributed by atoms with Gasteiger partial charge in [-0.05, 0) is 38.0 Å². The molecule has 1 aromatic carbocycles. The Kier molecular flexibility index (Phi) is 8.42. The van der Waals surface area contributed by atoms with Crippen molar-refractivity contribution in [3.63, 3.8) is 0 Å². The van der Waals surface area contributed by atoms with Gasteiger partial charge in [-0.15, -0.1) is 0 Å². The summed E-state index contributed by atoms with van der Waals surface area (Å²) < 4.78 is 40.7. The molecule has 0 aliphatic rings. The Morgan fingerprint density at radius 1 is 1.29 bits per heavy atom. The van der Waals surface area contributed by atoms with Crippen LogP contribution in [0.5, 0.6) is 5.75 Å². The lowest BCUT2D eigenvalue weighted by atomic mass is 10.1. The lowest BCUT2D eigenvalue weighted by molar-refractivity contribution is 0.166. The first kappa shape index (κ1) is 25.8. The summed E-state index contributed by atoms with van der Waals surface area (Å²) in [6, 6.07) is 3.63. The van der Waals surface area contributed by atoms with Crippen LogP contribution in [0.2, 0.25) is 0 Å². The number of methoxy groups -OCH3 is 1. The molecule has 0 fully saturated rings. The van der Waals surface area contributed by atoms with E-state index in [0.29, 0.717) is 54.1 Å². The standard InChI is InChI=1S/C22H31N5O6S/c1-5-7-17-19-20(27(3)25-17)22(29)24-21(23-19)16-12-15(8-9-18(16)33-6-2)34(30,31)26-14(13-28)10-11-32-4/h8-9,12,14,26,28H,5-7,10-11,13H2,1-4H3,(H,23,24,29).